The summed E-state index contributed by atoms with van der Waals surface area (Å²) >= 11 is 0. The number of nitrogens with zero attached hydrogens (tertiary/aromatic N) is 2. The molecule has 1 atom stereocenters. The molecule has 1 aromatic carbocycles. The summed E-state index contributed by atoms with van der Waals surface area (Å²) in [6, 6.07) is 9.95. The lowest BCUT2D eigenvalue weighted by atomic mass is 10.1. The molecule has 0 spiro atoms. The third-order valence-electron chi connectivity index (χ3n) is 4.01. The number of hydrogen-bond donors (Lipinski definition) is 1. The van der Waals surface area contributed by atoms with Crippen molar-refractivity contribution in [2.24, 2.45) is 5.92 Å². The lowest BCUT2D eigenvalue weighted by Gasteiger charge is -2.17. The zero-order chi connectivity index (χ0) is 14.8. The van der Waals surface area contributed by atoms with Crippen molar-refractivity contribution in [2.45, 2.75) is 20.3 Å². The molecule has 21 heavy (non-hydrogen) atoms. The molecule has 1 amide bonds. The molecule has 1 aromatic heterocycles. The van der Waals surface area contributed by atoms with Crippen molar-refractivity contribution in [1.82, 2.24) is 9.88 Å². The van der Waals surface area contributed by atoms with Crippen LogP contribution in [0.2, 0.25) is 0 Å². The summed E-state index contributed by atoms with van der Waals surface area (Å²) in [6.07, 6.45) is 1.08. The lowest BCUT2D eigenvalue weighted by molar-refractivity contribution is 0.0782. The number of hydrogen-bond acceptors (Lipinski definition) is 3. The summed E-state index contributed by atoms with van der Waals surface area (Å²) in [6.45, 7) is 6.68. The van der Waals surface area contributed by atoms with E-state index < -0.39 is 0 Å². The molecule has 0 radical (unpaired) electrons. The van der Waals surface area contributed by atoms with Crippen LogP contribution in [-0.2, 0) is 0 Å². The third kappa shape index (κ3) is 2.71. The first-order valence-corrected chi connectivity index (χ1v) is 7.62. The normalized spacial score (nSPS) is 18.2. The Morgan fingerprint density at radius 1 is 1.43 bits per heavy atom. The van der Waals surface area contributed by atoms with Gasteiger partial charge in [-0.2, -0.15) is 0 Å². The number of amides is 1. The van der Waals surface area contributed by atoms with Crippen LogP contribution in [0.5, 0.6) is 0 Å². The molecule has 4 heteroatoms. The molecule has 1 saturated heterocycles. The molecule has 0 bridgehead atoms. The number of nitrogens with one attached hydrogen (secondary N) is 1. The number of aromatic nitrogens is 1. The van der Waals surface area contributed by atoms with Gasteiger partial charge in [-0.3, -0.25) is 4.79 Å². The fraction of sp³-hybridized carbons (Fsp3) is 0.412. The van der Waals surface area contributed by atoms with Crippen molar-refractivity contribution >= 4 is 22.5 Å². The quantitative estimate of drug-likeness (QED) is 0.941. The minimum atomic E-state index is 0.0456. The van der Waals surface area contributed by atoms with Crippen LogP contribution in [0.1, 0.15) is 30.8 Å². The standard InChI is InChI=1S/C17H21N3O/c1-3-18-16-14-7-5-4-6-13(14)10-15(19-16)17(21)20-9-8-12(2)11-20/h4-7,10,12H,3,8-9,11H2,1-2H3,(H,18,19). The van der Waals surface area contributed by atoms with Gasteiger partial charge in [0, 0.05) is 25.0 Å². The predicted molar refractivity (Wildman–Crippen MR) is 85.6 cm³/mol. The summed E-state index contributed by atoms with van der Waals surface area (Å²) in [5.41, 5.74) is 0.541. The molecule has 1 unspecified atom stereocenters. The molecule has 2 aromatic rings. The van der Waals surface area contributed by atoms with E-state index in [1.54, 1.807) is 0 Å². The van der Waals surface area contributed by atoms with Crippen LogP contribution in [-0.4, -0.2) is 35.4 Å². The number of likely N-dealkylation sites (tertiary alicyclic amines) is 1. The smallest absolute Gasteiger partial charge is 0.272 e. The second-order valence-electron chi connectivity index (χ2n) is 5.75. The minimum absolute atomic E-state index is 0.0456. The van der Waals surface area contributed by atoms with Crippen molar-refractivity contribution in [3.8, 4) is 0 Å². The summed E-state index contributed by atoms with van der Waals surface area (Å²) in [5, 5.41) is 5.38. The van der Waals surface area contributed by atoms with E-state index in [0.717, 1.165) is 42.6 Å². The fourth-order valence-electron chi connectivity index (χ4n) is 2.89. The minimum Gasteiger partial charge on any atom is -0.370 e. The molecular weight excluding hydrogens is 262 g/mol. The average molecular weight is 283 g/mol. The van der Waals surface area contributed by atoms with Crippen LogP contribution in [0.25, 0.3) is 10.8 Å². The predicted octanol–water partition coefficient (Wildman–Crippen LogP) is 3.15. The highest BCUT2D eigenvalue weighted by Gasteiger charge is 2.25. The Hall–Kier alpha value is -2.10. The number of pyridine rings is 1. The number of carbonyl (C=O) groups is 1. The number of rotatable bonds is 3. The molecule has 1 aliphatic heterocycles. The molecule has 0 aliphatic carbocycles. The highest BCUT2D eigenvalue weighted by Crippen LogP contribution is 2.24. The molecule has 1 N–H and O–H groups in total. The van der Waals surface area contributed by atoms with Crippen molar-refractivity contribution in [2.75, 3.05) is 25.0 Å². The zero-order valence-electron chi connectivity index (χ0n) is 12.6. The van der Waals surface area contributed by atoms with Gasteiger partial charge >= 0.3 is 0 Å². The van der Waals surface area contributed by atoms with E-state index in [1.165, 1.54) is 0 Å². The molecule has 4 nitrogen and oxygen atoms in total. The molecule has 3 rings (SSSR count). The summed E-state index contributed by atoms with van der Waals surface area (Å²) in [7, 11) is 0. The van der Waals surface area contributed by atoms with Gasteiger partial charge in [0.25, 0.3) is 5.91 Å². The van der Waals surface area contributed by atoms with E-state index in [-0.39, 0.29) is 5.91 Å². The van der Waals surface area contributed by atoms with Crippen molar-refractivity contribution in [3.05, 3.63) is 36.0 Å². The van der Waals surface area contributed by atoms with E-state index in [2.05, 4.69) is 17.2 Å². The maximum absolute atomic E-state index is 12.6. The van der Waals surface area contributed by atoms with E-state index in [1.807, 2.05) is 42.2 Å². The van der Waals surface area contributed by atoms with E-state index in [9.17, 15) is 4.79 Å². The first-order chi connectivity index (χ1) is 10.2. The Labute approximate surface area is 125 Å². The largest absolute Gasteiger partial charge is 0.370 e. The van der Waals surface area contributed by atoms with E-state index in [4.69, 9.17) is 0 Å². The van der Waals surface area contributed by atoms with Gasteiger partial charge in [0.15, 0.2) is 0 Å². The Kier molecular flexibility index (Phi) is 3.78. The maximum atomic E-state index is 12.6. The number of fused-ring (bicyclic) bond motifs is 1. The highest BCUT2D eigenvalue weighted by molar-refractivity contribution is 6.00. The monoisotopic (exact) mass is 283 g/mol. The Morgan fingerprint density at radius 3 is 2.95 bits per heavy atom. The van der Waals surface area contributed by atoms with Crippen molar-refractivity contribution in [3.63, 3.8) is 0 Å². The van der Waals surface area contributed by atoms with Gasteiger partial charge in [0.2, 0.25) is 0 Å². The van der Waals surface area contributed by atoms with Crippen molar-refractivity contribution < 1.29 is 4.79 Å². The van der Waals surface area contributed by atoms with Gasteiger partial charge in [-0.1, -0.05) is 31.2 Å². The lowest BCUT2D eigenvalue weighted by Crippen LogP contribution is -2.29. The first kappa shape index (κ1) is 13.9. The summed E-state index contributed by atoms with van der Waals surface area (Å²) in [4.78, 5) is 19.1. The number of carbonyl (C=O) groups excluding carboxylic acids is 1. The second kappa shape index (κ2) is 5.72. The molecule has 1 fully saturated rings. The molecule has 1 aliphatic rings. The maximum Gasteiger partial charge on any atom is 0.272 e. The fourth-order valence-corrected chi connectivity index (χ4v) is 2.89. The Morgan fingerprint density at radius 2 is 2.24 bits per heavy atom. The van der Waals surface area contributed by atoms with Gasteiger partial charge in [-0.25, -0.2) is 4.98 Å². The van der Waals surface area contributed by atoms with E-state index in [0.29, 0.717) is 11.6 Å². The Balaban J connectivity index is 2.00. The van der Waals surface area contributed by atoms with Crippen LogP contribution in [0.4, 0.5) is 5.82 Å². The second-order valence-corrected chi connectivity index (χ2v) is 5.75. The molecular formula is C17H21N3O. The molecule has 2 heterocycles. The third-order valence-corrected chi connectivity index (χ3v) is 4.01. The van der Waals surface area contributed by atoms with Gasteiger partial charge in [-0.15, -0.1) is 0 Å². The van der Waals surface area contributed by atoms with Crippen LogP contribution >= 0.6 is 0 Å². The molecule has 0 saturated carbocycles. The van der Waals surface area contributed by atoms with Crippen LogP contribution < -0.4 is 5.32 Å². The average Bonchev–Trinajstić information content (AvgIpc) is 2.93. The molecule has 110 valence electrons. The van der Waals surface area contributed by atoms with Gasteiger partial charge in [0.1, 0.15) is 11.5 Å². The van der Waals surface area contributed by atoms with Crippen LogP contribution in [0.15, 0.2) is 30.3 Å². The Bertz CT molecular complexity index is 668. The SMILES string of the molecule is CCNc1nc(C(=O)N2CCC(C)C2)cc2ccccc12. The van der Waals surface area contributed by atoms with Crippen LogP contribution in [0.3, 0.4) is 0 Å². The summed E-state index contributed by atoms with van der Waals surface area (Å²) < 4.78 is 0. The first-order valence-electron chi connectivity index (χ1n) is 7.62. The van der Waals surface area contributed by atoms with Crippen LogP contribution in [0, 0.1) is 5.92 Å². The van der Waals surface area contributed by atoms with E-state index >= 15 is 0 Å². The number of benzene rings is 1. The van der Waals surface area contributed by atoms with Gasteiger partial charge in [0.05, 0.1) is 0 Å². The summed E-state index contributed by atoms with van der Waals surface area (Å²) in [5.74, 6) is 1.43. The van der Waals surface area contributed by atoms with Gasteiger partial charge in [-0.05, 0) is 30.7 Å². The number of anilines is 1. The highest BCUT2D eigenvalue weighted by atomic mass is 16.2. The zero-order valence-corrected chi connectivity index (χ0v) is 12.6. The van der Waals surface area contributed by atoms with Gasteiger partial charge < -0.3 is 10.2 Å². The topological polar surface area (TPSA) is 45.2 Å². The van der Waals surface area contributed by atoms with Crippen molar-refractivity contribution in [1.29, 1.82) is 0 Å².